The summed E-state index contributed by atoms with van der Waals surface area (Å²) in [5.74, 6) is 0.785. The third-order valence-corrected chi connectivity index (χ3v) is 4.61. The van der Waals surface area contributed by atoms with Crippen LogP contribution in [0.1, 0.15) is 23.6 Å². The molecule has 3 rings (SSSR count). The maximum Gasteiger partial charge on any atom is 0.330 e. The van der Waals surface area contributed by atoms with Crippen molar-refractivity contribution in [3.05, 3.63) is 62.4 Å². The van der Waals surface area contributed by atoms with Crippen molar-refractivity contribution in [2.45, 2.75) is 25.1 Å². The van der Waals surface area contributed by atoms with Crippen molar-refractivity contribution >= 4 is 0 Å². The van der Waals surface area contributed by atoms with Crippen LogP contribution >= 0.6 is 0 Å². The molecular weight excluding hydrogens is 336 g/mol. The van der Waals surface area contributed by atoms with Gasteiger partial charge in [0.05, 0.1) is 25.8 Å². The summed E-state index contributed by atoms with van der Waals surface area (Å²) in [6.07, 6.45) is 1.74. The topological polar surface area (TPSA) is 89.5 Å². The van der Waals surface area contributed by atoms with Gasteiger partial charge in [-0.05, 0) is 24.1 Å². The summed E-state index contributed by atoms with van der Waals surface area (Å²) in [7, 11) is 4.83. The highest BCUT2D eigenvalue weighted by Crippen LogP contribution is 2.33. The number of hydroxylamine groups is 2. The Morgan fingerprint density at radius 2 is 1.96 bits per heavy atom. The fraction of sp³-hybridized carbons (Fsp3) is 0.389. The van der Waals surface area contributed by atoms with Crippen LogP contribution in [0.5, 0.6) is 5.75 Å². The molecule has 2 aromatic rings. The van der Waals surface area contributed by atoms with Crippen molar-refractivity contribution in [2.24, 2.45) is 7.05 Å². The van der Waals surface area contributed by atoms with Gasteiger partial charge in [-0.1, -0.05) is 12.1 Å². The third-order valence-electron chi connectivity index (χ3n) is 4.61. The number of nitriles is 1. The average molecular weight is 356 g/mol. The first-order valence-electron chi connectivity index (χ1n) is 8.18. The Labute approximate surface area is 150 Å². The minimum atomic E-state index is -0.589. The SMILES string of the molecule is COc1ccc([C@@H]2C[C@H](Cn3cc(C#N)c(=O)n(C)c3=O)ON2C)cc1. The van der Waals surface area contributed by atoms with Crippen LogP contribution in [0, 0.1) is 11.3 Å². The number of benzene rings is 1. The molecule has 1 aliphatic rings. The number of rotatable bonds is 4. The van der Waals surface area contributed by atoms with Gasteiger partial charge in [0.2, 0.25) is 0 Å². The van der Waals surface area contributed by atoms with E-state index in [1.807, 2.05) is 37.4 Å². The summed E-state index contributed by atoms with van der Waals surface area (Å²) >= 11 is 0. The van der Waals surface area contributed by atoms with Crippen LogP contribution in [-0.2, 0) is 18.4 Å². The van der Waals surface area contributed by atoms with Gasteiger partial charge < -0.3 is 4.74 Å². The number of aromatic nitrogens is 2. The molecule has 8 heteroatoms. The Balaban J connectivity index is 1.80. The zero-order valence-electron chi connectivity index (χ0n) is 14.9. The lowest BCUT2D eigenvalue weighted by Gasteiger charge is -2.18. The van der Waals surface area contributed by atoms with Gasteiger partial charge in [0.25, 0.3) is 5.56 Å². The predicted octanol–water partition coefficient (Wildman–Crippen LogP) is 0.804. The molecule has 0 radical (unpaired) electrons. The highest BCUT2D eigenvalue weighted by atomic mass is 16.7. The van der Waals surface area contributed by atoms with E-state index >= 15 is 0 Å². The van der Waals surface area contributed by atoms with Crippen LogP contribution in [-0.4, -0.2) is 34.5 Å². The molecule has 2 atom stereocenters. The molecule has 0 unspecified atom stereocenters. The Kier molecular flexibility index (Phi) is 4.93. The van der Waals surface area contributed by atoms with E-state index in [2.05, 4.69) is 0 Å². The first kappa shape index (κ1) is 17.9. The van der Waals surface area contributed by atoms with Crippen molar-refractivity contribution in [3.63, 3.8) is 0 Å². The maximum absolute atomic E-state index is 12.3. The summed E-state index contributed by atoms with van der Waals surface area (Å²) in [6.45, 7) is 0.263. The number of methoxy groups -OCH3 is 1. The molecule has 0 saturated carbocycles. The molecule has 26 heavy (non-hydrogen) atoms. The normalized spacial score (nSPS) is 20.1. The van der Waals surface area contributed by atoms with Crippen LogP contribution in [0.4, 0.5) is 0 Å². The van der Waals surface area contributed by atoms with E-state index < -0.39 is 11.2 Å². The number of nitrogens with zero attached hydrogens (tertiary/aromatic N) is 4. The Morgan fingerprint density at radius 1 is 1.27 bits per heavy atom. The van der Waals surface area contributed by atoms with Gasteiger partial charge in [0.15, 0.2) is 0 Å². The van der Waals surface area contributed by atoms with Crippen molar-refractivity contribution in [1.82, 2.24) is 14.2 Å². The van der Waals surface area contributed by atoms with Crippen LogP contribution in [0.2, 0.25) is 0 Å². The Hall–Kier alpha value is -2.89. The summed E-state index contributed by atoms with van der Waals surface area (Å²) in [5.41, 5.74) is -0.0334. The molecular formula is C18H20N4O4. The van der Waals surface area contributed by atoms with E-state index in [0.29, 0.717) is 6.42 Å². The second-order valence-electron chi connectivity index (χ2n) is 6.25. The van der Waals surface area contributed by atoms with Crippen LogP contribution in [0.25, 0.3) is 0 Å². The molecule has 0 amide bonds. The summed E-state index contributed by atoms with van der Waals surface area (Å²) < 4.78 is 7.48. The average Bonchev–Trinajstić information content (AvgIpc) is 3.02. The minimum absolute atomic E-state index is 0.0459. The van der Waals surface area contributed by atoms with E-state index in [0.717, 1.165) is 15.9 Å². The molecule has 1 fully saturated rings. The van der Waals surface area contributed by atoms with Gasteiger partial charge in [0.1, 0.15) is 17.4 Å². The molecule has 8 nitrogen and oxygen atoms in total. The monoisotopic (exact) mass is 356 g/mol. The molecule has 1 aliphatic heterocycles. The lowest BCUT2D eigenvalue weighted by Crippen LogP contribution is -2.40. The second kappa shape index (κ2) is 7.15. The minimum Gasteiger partial charge on any atom is -0.497 e. The van der Waals surface area contributed by atoms with E-state index in [9.17, 15) is 9.59 Å². The zero-order chi connectivity index (χ0) is 18.8. The smallest absolute Gasteiger partial charge is 0.330 e. The summed E-state index contributed by atoms with van der Waals surface area (Å²) in [4.78, 5) is 30.0. The number of ether oxygens (including phenoxy) is 1. The lowest BCUT2D eigenvalue weighted by molar-refractivity contribution is -0.147. The summed E-state index contributed by atoms with van der Waals surface area (Å²) in [6, 6.07) is 9.63. The second-order valence-corrected chi connectivity index (χ2v) is 6.25. The van der Waals surface area contributed by atoms with E-state index in [1.165, 1.54) is 17.8 Å². The van der Waals surface area contributed by atoms with Gasteiger partial charge in [-0.2, -0.15) is 10.3 Å². The fourth-order valence-corrected chi connectivity index (χ4v) is 3.18. The molecule has 136 valence electrons. The number of hydrogen-bond acceptors (Lipinski definition) is 6. The van der Waals surface area contributed by atoms with Crippen molar-refractivity contribution in [3.8, 4) is 11.8 Å². The van der Waals surface area contributed by atoms with Crippen molar-refractivity contribution in [2.75, 3.05) is 14.2 Å². The standard InChI is InChI=1S/C18H20N4O4/c1-20-17(23)13(9-19)10-22(18(20)24)11-15-8-16(21(2)26-15)12-4-6-14(25-3)7-5-12/h4-7,10,15-16H,8,11H2,1-3H3/t15-,16+/m1/s1. The molecule has 0 N–H and O–H groups in total. The third kappa shape index (κ3) is 3.27. The fourth-order valence-electron chi connectivity index (χ4n) is 3.18. The molecule has 1 aromatic heterocycles. The van der Waals surface area contributed by atoms with Crippen molar-refractivity contribution < 1.29 is 9.57 Å². The van der Waals surface area contributed by atoms with E-state index in [4.69, 9.17) is 14.8 Å². The van der Waals surface area contributed by atoms with Crippen molar-refractivity contribution in [1.29, 1.82) is 5.26 Å². The largest absolute Gasteiger partial charge is 0.497 e. The van der Waals surface area contributed by atoms with Crippen LogP contribution in [0.15, 0.2) is 40.1 Å². The first-order valence-corrected chi connectivity index (χ1v) is 8.18. The highest BCUT2D eigenvalue weighted by Gasteiger charge is 2.32. The summed E-state index contributed by atoms with van der Waals surface area (Å²) in [5, 5.41) is 10.8. The van der Waals surface area contributed by atoms with Crippen LogP contribution < -0.4 is 16.0 Å². The Morgan fingerprint density at radius 3 is 2.58 bits per heavy atom. The predicted molar refractivity (Wildman–Crippen MR) is 93.6 cm³/mol. The lowest BCUT2D eigenvalue weighted by atomic mass is 10.0. The van der Waals surface area contributed by atoms with Gasteiger partial charge >= 0.3 is 5.69 Å². The quantitative estimate of drug-likeness (QED) is 0.805. The van der Waals surface area contributed by atoms with Gasteiger partial charge in [-0.15, -0.1) is 0 Å². The Bertz CT molecular complexity index is 955. The van der Waals surface area contributed by atoms with Crippen LogP contribution in [0.3, 0.4) is 0 Å². The maximum atomic E-state index is 12.3. The van der Waals surface area contributed by atoms with E-state index in [-0.39, 0.29) is 24.3 Å². The molecule has 1 saturated heterocycles. The number of hydrogen-bond donors (Lipinski definition) is 0. The molecule has 0 aliphatic carbocycles. The molecule has 1 aromatic carbocycles. The van der Waals surface area contributed by atoms with Gasteiger partial charge in [0, 0.05) is 20.3 Å². The molecule has 0 spiro atoms. The van der Waals surface area contributed by atoms with Gasteiger partial charge in [-0.25, -0.2) is 4.79 Å². The van der Waals surface area contributed by atoms with E-state index in [1.54, 1.807) is 12.2 Å². The highest BCUT2D eigenvalue weighted by molar-refractivity contribution is 5.29. The van der Waals surface area contributed by atoms with Gasteiger partial charge in [-0.3, -0.25) is 18.8 Å². The molecule has 2 heterocycles. The first-order chi connectivity index (χ1) is 12.4. The molecule has 0 bridgehead atoms. The zero-order valence-corrected chi connectivity index (χ0v) is 14.9.